The van der Waals surface area contributed by atoms with Crippen molar-refractivity contribution in [2.45, 2.75) is 25.7 Å². The van der Waals surface area contributed by atoms with E-state index in [1.54, 1.807) is 0 Å². The van der Waals surface area contributed by atoms with Gasteiger partial charge in [-0.2, -0.15) is 0 Å². The maximum absolute atomic E-state index is 11.7. The number of anilines is 1. The number of carbonyl (C=O) groups excluding carboxylic acids is 2. The Morgan fingerprint density at radius 2 is 1.69 bits per heavy atom. The fourth-order valence-electron chi connectivity index (χ4n) is 1.98. The normalized spacial score (nSPS) is 11.6. The summed E-state index contributed by atoms with van der Waals surface area (Å²) >= 11 is 2.18. The Kier molecular flexibility index (Phi) is 13.6. The maximum atomic E-state index is 11.7. The van der Waals surface area contributed by atoms with Gasteiger partial charge in [-0.05, 0) is 55.6 Å². The quantitative estimate of drug-likeness (QED) is 0.146. The van der Waals surface area contributed by atoms with Crippen LogP contribution in [0.1, 0.15) is 24.3 Å². The average Bonchev–Trinajstić information content (AvgIpc) is 3.18. The summed E-state index contributed by atoms with van der Waals surface area (Å²) in [5.74, 6) is -0.732. The number of allylic oxidation sites excluding steroid dienone is 2. The molecule has 2 amide bonds. The number of nitrogens with two attached hydrogens (primary N) is 2. The summed E-state index contributed by atoms with van der Waals surface area (Å²) in [7, 11) is 0. The molecule has 1 rings (SSSR count). The highest BCUT2D eigenvalue weighted by Gasteiger charge is 2.09. The molecule has 0 aliphatic heterocycles. The summed E-state index contributed by atoms with van der Waals surface area (Å²) in [6.45, 7) is -0.156. The second-order valence-corrected chi connectivity index (χ2v) is 8.08. The highest BCUT2D eigenvalue weighted by Crippen LogP contribution is 2.18. The summed E-state index contributed by atoms with van der Waals surface area (Å²) in [6.07, 6.45) is 11.1. The lowest BCUT2D eigenvalue weighted by Gasteiger charge is -2.06. The first-order valence-corrected chi connectivity index (χ1v) is 11.1. The predicted octanol–water partition coefficient (Wildman–Crippen LogP) is 1.04. The number of unbranched alkanes of at least 4 members (excludes halogenated alkanes) is 1. The largest absolute Gasteiger partial charge is 0.405 e. The minimum absolute atomic E-state index is 0.0344. The molecule has 0 fully saturated rings. The zero-order chi connectivity index (χ0) is 23.6. The molecule has 32 heavy (non-hydrogen) atoms. The van der Waals surface area contributed by atoms with E-state index in [4.69, 9.17) is 22.3 Å². The number of amidine groups is 1. The molecule has 0 bridgehead atoms. The molecule has 0 saturated heterocycles. The van der Waals surface area contributed by atoms with Crippen LogP contribution in [0.4, 0.5) is 5.13 Å². The predicted molar refractivity (Wildman–Crippen MR) is 131 cm³/mol. The Hall–Kier alpha value is -3.39. The van der Waals surface area contributed by atoms with E-state index in [-0.39, 0.29) is 29.2 Å². The van der Waals surface area contributed by atoms with Gasteiger partial charge in [-0.3, -0.25) is 35.7 Å². The second kappa shape index (κ2) is 16.3. The van der Waals surface area contributed by atoms with Gasteiger partial charge < -0.3 is 16.8 Å². The number of thioether (sulfide) groups is 1. The summed E-state index contributed by atoms with van der Waals surface area (Å²) in [5.41, 5.74) is 10.3. The van der Waals surface area contributed by atoms with Crippen LogP contribution in [0.2, 0.25) is 0 Å². The van der Waals surface area contributed by atoms with Crippen molar-refractivity contribution in [1.82, 2.24) is 15.5 Å². The highest BCUT2D eigenvalue weighted by atomic mass is 32.2. The molecule has 0 aromatic carbocycles. The van der Waals surface area contributed by atoms with Crippen LogP contribution in [0, 0.1) is 10.8 Å². The molecular weight excluding hydrogens is 452 g/mol. The minimum atomic E-state index is -0.435. The highest BCUT2D eigenvalue weighted by molar-refractivity contribution is 8.26. The van der Waals surface area contributed by atoms with Gasteiger partial charge in [0.25, 0.3) is 0 Å². The average molecular weight is 479 g/mol. The lowest BCUT2D eigenvalue weighted by molar-refractivity contribution is -0.118. The Balaban J connectivity index is 2.22. The van der Waals surface area contributed by atoms with E-state index in [2.05, 4.69) is 30.8 Å². The third-order valence-corrected chi connectivity index (χ3v) is 4.97. The summed E-state index contributed by atoms with van der Waals surface area (Å²) in [6, 6.07) is 0. The van der Waals surface area contributed by atoms with Gasteiger partial charge in [0.1, 0.15) is 18.1 Å². The molecule has 12 nitrogen and oxygen atoms in total. The molecule has 0 saturated carbocycles. The van der Waals surface area contributed by atoms with Crippen LogP contribution in [0.3, 0.4) is 0 Å². The van der Waals surface area contributed by atoms with E-state index in [0.717, 1.165) is 23.2 Å². The number of hydrogen-bond donors (Lipinski definition) is 6. The molecular formula is C18H26N10O2S2. The molecule has 0 aliphatic carbocycles. The van der Waals surface area contributed by atoms with Crippen LogP contribution in [0.5, 0.6) is 0 Å². The van der Waals surface area contributed by atoms with E-state index in [9.17, 15) is 9.59 Å². The summed E-state index contributed by atoms with van der Waals surface area (Å²) in [4.78, 5) is 31.0. The SMILES string of the molecule is N=C(CCCCc1nnc(NC(=O)CN=CC=CN)s1)SC(=N)NC(=O)CN=CC=CN. The molecule has 0 atom stereocenters. The first-order valence-electron chi connectivity index (χ1n) is 9.44. The molecule has 1 aromatic heterocycles. The number of amides is 2. The molecule has 0 radical (unpaired) electrons. The smallest absolute Gasteiger partial charge is 0.247 e. The maximum Gasteiger partial charge on any atom is 0.247 e. The van der Waals surface area contributed by atoms with E-state index < -0.39 is 5.91 Å². The summed E-state index contributed by atoms with van der Waals surface area (Å²) in [5, 5.41) is 30.0. The van der Waals surface area contributed by atoms with Crippen molar-refractivity contribution in [3.63, 3.8) is 0 Å². The molecule has 0 aliphatic rings. The lowest BCUT2D eigenvalue weighted by Crippen LogP contribution is -2.30. The third-order valence-electron chi connectivity index (χ3n) is 3.31. The van der Waals surface area contributed by atoms with Crippen LogP contribution in [-0.4, -0.2) is 57.7 Å². The van der Waals surface area contributed by atoms with Crippen LogP contribution in [0.25, 0.3) is 0 Å². The minimum Gasteiger partial charge on any atom is -0.405 e. The third kappa shape index (κ3) is 13.0. The fourth-order valence-corrected chi connectivity index (χ4v) is 3.44. The van der Waals surface area contributed by atoms with Crippen LogP contribution < -0.4 is 22.1 Å². The molecule has 0 unspecified atom stereocenters. The van der Waals surface area contributed by atoms with Crippen molar-refractivity contribution in [2.24, 2.45) is 21.5 Å². The van der Waals surface area contributed by atoms with Gasteiger partial charge >= 0.3 is 0 Å². The van der Waals surface area contributed by atoms with E-state index >= 15 is 0 Å². The van der Waals surface area contributed by atoms with Gasteiger partial charge in [0, 0.05) is 18.9 Å². The van der Waals surface area contributed by atoms with E-state index in [0.29, 0.717) is 24.4 Å². The fraction of sp³-hybridized carbons (Fsp3) is 0.333. The topological polar surface area (TPSA) is 208 Å². The lowest BCUT2D eigenvalue weighted by atomic mass is 10.2. The van der Waals surface area contributed by atoms with Gasteiger partial charge in [-0.25, -0.2) is 0 Å². The van der Waals surface area contributed by atoms with Crippen LogP contribution >= 0.6 is 23.1 Å². The number of aryl methyl sites for hydroxylation is 1. The number of aliphatic imine (C=N–C) groups is 2. The number of aromatic nitrogens is 2. The van der Waals surface area contributed by atoms with E-state index in [1.807, 2.05) is 0 Å². The summed E-state index contributed by atoms with van der Waals surface area (Å²) < 4.78 is 0. The van der Waals surface area contributed by atoms with Crippen molar-refractivity contribution in [1.29, 1.82) is 10.8 Å². The van der Waals surface area contributed by atoms with Crippen molar-refractivity contribution < 1.29 is 9.59 Å². The molecule has 1 heterocycles. The van der Waals surface area contributed by atoms with Gasteiger partial charge in [0.2, 0.25) is 16.9 Å². The Morgan fingerprint density at radius 3 is 2.34 bits per heavy atom. The van der Waals surface area contributed by atoms with Crippen molar-refractivity contribution in [3.8, 4) is 0 Å². The molecule has 0 spiro atoms. The van der Waals surface area contributed by atoms with Crippen molar-refractivity contribution in [2.75, 3.05) is 18.4 Å². The van der Waals surface area contributed by atoms with Gasteiger partial charge in [0.15, 0.2) is 5.17 Å². The van der Waals surface area contributed by atoms with Crippen LogP contribution in [0.15, 0.2) is 34.5 Å². The number of hydrogen-bond acceptors (Lipinski definition) is 12. The first-order chi connectivity index (χ1) is 15.4. The molecule has 8 N–H and O–H groups in total. The zero-order valence-corrected chi connectivity index (χ0v) is 18.9. The Labute approximate surface area is 193 Å². The number of rotatable bonds is 12. The van der Waals surface area contributed by atoms with Gasteiger partial charge in [-0.1, -0.05) is 11.3 Å². The van der Waals surface area contributed by atoms with Crippen molar-refractivity contribution >= 4 is 62.7 Å². The number of nitrogens with zero attached hydrogens (tertiary/aromatic N) is 4. The molecule has 14 heteroatoms. The van der Waals surface area contributed by atoms with E-state index in [1.165, 1.54) is 48.3 Å². The molecule has 1 aromatic rings. The van der Waals surface area contributed by atoms with Crippen molar-refractivity contribution in [3.05, 3.63) is 29.6 Å². The number of carbonyl (C=O) groups is 2. The molecule has 172 valence electrons. The standard InChI is InChI=1S/C18H26N10O2S2/c19-7-3-9-23-11-14(29)25-17(22)31-13(21)5-1-2-6-16-27-28-18(32-16)26-15(30)12-24-10-4-8-20/h3-4,7-10,21H,1-2,5-6,11-12,19-20H2,(H2,22,25,29)(H,26,28,30). The first kappa shape index (κ1) is 26.6. The van der Waals surface area contributed by atoms with Gasteiger partial charge in [0.05, 0.1) is 5.04 Å². The Bertz CT molecular complexity index is 892. The number of nitrogens with one attached hydrogen (secondary N) is 4. The second-order valence-electron chi connectivity index (χ2n) is 5.91. The van der Waals surface area contributed by atoms with Gasteiger partial charge in [-0.15, -0.1) is 10.2 Å². The zero-order valence-electron chi connectivity index (χ0n) is 17.3. The Morgan fingerprint density at radius 1 is 1.03 bits per heavy atom. The monoisotopic (exact) mass is 478 g/mol. The van der Waals surface area contributed by atoms with Crippen LogP contribution in [-0.2, 0) is 16.0 Å².